The van der Waals surface area contributed by atoms with Gasteiger partial charge in [-0.05, 0) is 33.4 Å². The molecule has 1 unspecified atom stereocenters. The molecule has 4 heteroatoms. The van der Waals surface area contributed by atoms with Crippen molar-refractivity contribution in [1.29, 1.82) is 0 Å². The lowest BCUT2D eigenvalue weighted by Gasteiger charge is -2.06. The first-order valence-corrected chi connectivity index (χ1v) is 4.69. The summed E-state index contributed by atoms with van der Waals surface area (Å²) in [7, 11) is 1.96. The van der Waals surface area contributed by atoms with Crippen LogP contribution in [0.3, 0.4) is 0 Å². The zero-order valence-corrected chi connectivity index (χ0v) is 9.09. The summed E-state index contributed by atoms with van der Waals surface area (Å²) in [6.07, 6.45) is 1.30. The third-order valence-corrected chi connectivity index (χ3v) is 1.39. The van der Waals surface area contributed by atoms with Crippen LogP contribution in [0.2, 0.25) is 0 Å². The van der Waals surface area contributed by atoms with Crippen molar-refractivity contribution in [2.75, 3.05) is 13.6 Å². The topological polar surface area (TPSA) is 64.3 Å². The molecule has 0 heterocycles. The highest BCUT2D eigenvalue weighted by Gasteiger charge is 1.99. The summed E-state index contributed by atoms with van der Waals surface area (Å²) in [5, 5.41) is 3.02. The van der Waals surface area contributed by atoms with Gasteiger partial charge in [-0.15, -0.1) is 0 Å². The molecule has 0 spiro atoms. The van der Waals surface area contributed by atoms with Crippen molar-refractivity contribution in [2.24, 2.45) is 5.73 Å². The summed E-state index contributed by atoms with van der Waals surface area (Å²) < 4.78 is 4.54. The lowest BCUT2D eigenvalue weighted by molar-refractivity contribution is 0.114. The van der Waals surface area contributed by atoms with Gasteiger partial charge < -0.3 is 15.8 Å². The van der Waals surface area contributed by atoms with Gasteiger partial charge in [-0.1, -0.05) is 13.8 Å². The van der Waals surface area contributed by atoms with Crippen molar-refractivity contribution in [1.82, 2.24) is 5.32 Å². The van der Waals surface area contributed by atoms with Crippen LogP contribution in [0.4, 0.5) is 4.79 Å². The smallest absolute Gasteiger partial charge is 0.404 e. The molecule has 80 valence electrons. The molecule has 13 heavy (non-hydrogen) atoms. The number of carbonyl (C=O) groups excluding carboxylic acids is 1. The van der Waals surface area contributed by atoms with E-state index in [0.29, 0.717) is 0 Å². The first kappa shape index (κ1) is 14.7. The summed E-state index contributed by atoms with van der Waals surface area (Å²) in [6, 6.07) is 0. The molecule has 0 aromatic carbocycles. The van der Waals surface area contributed by atoms with Gasteiger partial charge in [0, 0.05) is 0 Å². The number of rotatable bonds is 4. The van der Waals surface area contributed by atoms with Crippen molar-refractivity contribution >= 4 is 6.09 Å². The van der Waals surface area contributed by atoms with E-state index in [4.69, 9.17) is 5.73 Å². The average molecular weight is 190 g/mol. The van der Waals surface area contributed by atoms with Crippen LogP contribution in [-0.2, 0) is 4.74 Å². The monoisotopic (exact) mass is 190 g/mol. The maximum absolute atomic E-state index is 9.97. The normalized spacial score (nSPS) is 11.1. The Kier molecular flexibility index (Phi) is 12.7. The first-order chi connectivity index (χ1) is 6.08. The summed E-state index contributed by atoms with van der Waals surface area (Å²) in [6.45, 7) is 7.01. The molecule has 0 saturated heterocycles. The van der Waals surface area contributed by atoms with Gasteiger partial charge in [0.15, 0.2) is 0 Å². The van der Waals surface area contributed by atoms with Gasteiger partial charge >= 0.3 is 6.09 Å². The molecule has 1 atom stereocenters. The van der Waals surface area contributed by atoms with Gasteiger partial charge in [0.2, 0.25) is 0 Å². The molecule has 0 aromatic heterocycles. The number of carbonyl (C=O) groups is 1. The van der Waals surface area contributed by atoms with Crippen molar-refractivity contribution in [3.63, 3.8) is 0 Å². The first-order valence-electron chi connectivity index (χ1n) is 4.69. The van der Waals surface area contributed by atoms with Crippen LogP contribution in [0.15, 0.2) is 0 Å². The Balaban J connectivity index is 0. The molecule has 0 aliphatic rings. The molecule has 1 amide bonds. The molecule has 0 aliphatic heterocycles. The van der Waals surface area contributed by atoms with Crippen LogP contribution < -0.4 is 11.1 Å². The van der Waals surface area contributed by atoms with Crippen LogP contribution in [0.1, 0.15) is 33.6 Å². The van der Waals surface area contributed by atoms with Crippen LogP contribution in [0.5, 0.6) is 0 Å². The summed E-state index contributed by atoms with van der Waals surface area (Å²) in [5.74, 6) is 0. The number of primary amides is 1. The van der Waals surface area contributed by atoms with Gasteiger partial charge in [0.05, 0.1) is 0 Å². The van der Waals surface area contributed by atoms with Gasteiger partial charge in [-0.3, -0.25) is 0 Å². The maximum atomic E-state index is 9.97. The van der Waals surface area contributed by atoms with E-state index in [9.17, 15) is 4.79 Å². The Morgan fingerprint density at radius 2 is 2.08 bits per heavy atom. The van der Waals surface area contributed by atoms with E-state index < -0.39 is 6.09 Å². The van der Waals surface area contributed by atoms with E-state index in [2.05, 4.69) is 17.0 Å². The quantitative estimate of drug-likeness (QED) is 0.706. The van der Waals surface area contributed by atoms with Gasteiger partial charge in [-0.25, -0.2) is 4.79 Å². The Morgan fingerprint density at radius 1 is 1.54 bits per heavy atom. The van der Waals surface area contributed by atoms with Crippen LogP contribution in [0, 0.1) is 0 Å². The number of amides is 1. The number of nitrogens with two attached hydrogens (primary N) is 1. The van der Waals surface area contributed by atoms with Crippen molar-refractivity contribution < 1.29 is 9.53 Å². The number of hydrogen-bond acceptors (Lipinski definition) is 3. The highest BCUT2D eigenvalue weighted by molar-refractivity contribution is 5.64. The third kappa shape index (κ3) is 18.3. The molecule has 0 bridgehead atoms. The van der Waals surface area contributed by atoms with E-state index in [1.807, 2.05) is 14.0 Å². The minimum absolute atomic E-state index is 0.0486. The standard InChI is InChI=1S/C5H11NO2.C4H11N/c1-3-4(2)8-5(6)7;1-3-4-5-2/h4H,3H2,1-2H3,(H2,6,7);5H,3-4H2,1-2H3. The zero-order valence-electron chi connectivity index (χ0n) is 9.09. The van der Waals surface area contributed by atoms with Crippen molar-refractivity contribution in [3.8, 4) is 0 Å². The lowest BCUT2D eigenvalue weighted by Crippen LogP contribution is -2.19. The van der Waals surface area contributed by atoms with E-state index >= 15 is 0 Å². The van der Waals surface area contributed by atoms with Crippen LogP contribution >= 0.6 is 0 Å². The summed E-state index contributed by atoms with van der Waals surface area (Å²) in [5.41, 5.74) is 4.71. The highest BCUT2D eigenvalue weighted by Crippen LogP contribution is 1.93. The second-order valence-electron chi connectivity index (χ2n) is 2.76. The Morgan fingerprint density at radius 3 is 2.15 bits per heavy atom. The molecule has 4 nitrogen and oxygen atoms in total. The fourth-order valence-electron chi connectivity index (χ4n) is 0.532. The Hall–Kier alpha value is -0.770. The van der Waals surface area contributed by atoms with E-state index in [0.717, 1.165) is 13.0 Å². The fraction of sp³-hybridized carbons (Fsp3) is 0.889. The molecule has 3 N–H and O–H groups in total. The van der Waals surface area contributed by atoms with E-state index in [1.54, 1.807) is 6.92 Å². The van der Waals surface area contributed by atoms with Crippen molar-refractivity contribution in [2.45, 2.75) is 39.7 Å². The molecule has 0 radical (unpaired) electrons. The molecule has 0 rings (SSSR count). The molecule has 0 aliphatic carbocycles. The predicted octanol–water partition coefficient (Wildman–Crippen LogP) is 1.50. The zero-order chi connectivity index (χ0) is 10.7. The Bertz CT molecular complexity index is 116. The second-order valence-corrected chi connectivity index (χ2v) is 2.76. The van der Waals surface area contributed by atoms with E-state index in [1.165, 1.54) is 6.42 Å². The summed E-state index contributed by atoms with van der Waals surface area (Å²) >= 11 is 0. The minimum Gasteiger partial charge on any atom is -0.447 e. The highest BCUT2D eigenvalue weighted by atomic mass is 16.6. The average Bonchev–Trinajstić information content (AvgIpc) is 2.06. The van der Waals surface area contributed by atoms with Gasteiger partial charge in [0.25, 0.3) is 0 Å². The van der Waals surface area contributed by atoms with Crippen LogP contribution in [0.25, 0.3) is 0 Å². The fourth-order valence-corrected chi connectivity index (χ4v) is 0.532. The van der Waals surface area contributed by atoms with Crippen molar-refractivity contribution in [3.05, 3.63) is 0 Å². The van der Waals surface area contributed by atoms with Gasteiger partial charge in [-0.2, -0.15) is 0 Å². The number of hydrogen-bond donors (Lipinski definition) is 2. The third-order valence-electron chi connectivity index (χ3n) is 1.39. The predicted molar refractivity (Wildman–Crippen MR) is 54.6 cm³/mol. The number of nitrogens with one attached hydrogen (secondary N) is 1. The largest absolute Gasteiger partial charge is 0.447 e. The minimum atomic E-state index is -0.695. The molecule has 0 fully saturated rings. The SMILES string of the molecule is CCC(C)OC(N)=O.CCCNC. The number of ether oxygens (including phenoxy) is 1. The Labute approximate surface area is 80.8 Å². The second kappa shape index (κ2) is 11.2. The maximum Gasteiger partial charge on any atom is 0.404 e. The lowest BCUT2D eigenvalue weighted by atomic mass is 10.3. The van der Waals surface area contributed by atoms with Gasteiger partial charge in [0.1, 0.15) is 6.10 Å². The summed E-state index contributed by atoms with van der Waals surface area (Å²) in [4.78, 5) is 9.97. The molecular formula is C9H22N2O2. The van der Waals surface area contributed by atoms with E-state index in [-0.39, 0.29) is 6.10 Å². The molecule has 0 aromatic rings. The molecule has 0 saturated carbocycles. The van der Waals surface area contributed by atoms with Crippen LogP contribution in [-0.4, -0.2) is 25.8 Å². The molecular weight excluding hydrogens is 168 g/mol.